The van der Waals surface area contributed by atoms with Crippen LogP contribution in [0.4, 0.5) is 27.6 Å². The molecule has 0 amide bonds. The lowest BCUT2D eigenvalue weighted by atomic mass is 10.0. The van der Waals surface area contributed by atoms with Crippen LogP contribution in [0.25, 0.3) is 0 Å². The van der Waals surface area contributed by atoms with Crippen molar-refractivity contribution in [2.75, 3.05) is 25.0 Å². The molecular weight excluding hydrogens is 267 g/mol. The number of nitrogens with two attached hydrogens (primary N) is 1. The van der Waals surface area contributed by atoms with Crippen molar-refractivity contribution in [2.45, 2.75) is 19.0 Å². The van der Waals surface area contributed by atoms with Gasteiger partial charge < -0.3 is 10.6 Å². The average Bonchev–Trinajstić information content (AvgIpc) is 2.27. The van der Waals surface area contributed by atoms with E-state index < -0.39 is 24.7 Å². The molecule has 2 N–H and O–H groups in total. The number of hydrogen-bond acceptors (Lipinski definition) is 2. The first-order valence-corrected chi connectivity index (χ1v) is 5.65. The van der Waals surface area contributed by atoms with Crippen molar-refractivity contribution in [3.05, 3.63) is 29.3 Å². The summed E-state index contributed by atoms with van der Waals surface area (Å²) in [6.07, 6.45) is -6.98. The smallest absolute Gasteiger partial charge is 0.368 e. The summed E-state index contributed by atoms with van der Waals surface area (Å²) in [5, 5.41) is 0. The Bertz CT molecular complexity index is 417. The molecule has 0 atom stereocenters. The summed E-state index contributed by atoms with van der Waals surface area (Å²) >= 11 is 0. The Labute approximate surface area is 108 Å². The molecule has 7 heteroatoms. The van der Waals surface area contributed by atoms with Gasteiger partial charge in [0.1, 0.15) is 0 Å². The van der Waals surface area contributed by atoms with E-state index in [0.717, 1.165) is 11.0 Å². The maximum atomic E-state index is 12.9. The zero-order valence-electron chi connectivity index (χ0n) is 10.3. The molecule has 2 nitrogen and oxygen atoms in total. The van der Waals surface area contributed by atoms with Crippen LogP contribution >= 0.6 is 0 Å². The van der Waals surface area contributed by atoms with Crippen molar-refractivity contribution in [3.63, 3.8) is 0 Å². The molecule has 108 valence electrons. The summed E-state index contributed by atoms with van der Waals surface area (Å²) in [4.78, 5) is 0.902. The summed E-state index contributed by atoms with van der Waals surface area (Å²) in [7, 11) is 1.21. The number of alkyl halides is 5. The standard InChI is InChI=1S/C12H15F5N2/c1-19(7-11(13)14)10-3-2-8(4-5-18)6-9(10)12(15,16)17/h2-3,6,11H,4-5,7,18H2,1H3. The van der Waals surface area contributed by atoms with Crippen LogP contribution in [0.5, 0.6) is 0 Å². The third kappa shape index (κ3) is 4.34. The van der Waals surface area contributed by atoms with Crippen LogP contribution in [0.1, 0.15) is 11.1 Å². The second kappa shape index (κ2) is 6.18. The van der Waals surface area contributed by atoms with Crippen molar-refractivity contribution in [3.8, 4) is 0 Å². The Morgan fingerprint density at radius 1 is 1.26 bits per heavy atom. The van der Waals surface area contributed by atoms with E-state index in [1.807, 2.05) is 0 Å². The molecule has 0 saturated carbocycles. The van der Waals surface area contributed by atoms with Gasteiger partial charge in [-0.25, -0.2) is 8.78 Å². The van der Waals surface area contributed by atoms with E-state index in [1.165, 1.54) is 19.2 Å². The van der Waals surface area contributed by atoms with E-state index in [0.29, 0.717) is 12.0 Å². The summed E-state index contributed by atoms with van der Waals surface area (Å²) < 4.78 is 63.3. The number of anilines is 1. The lowest BCUT2D eigenvalue weighted by Crippen LogP contribution is -2.26. The topological polar surface area (TPSA) is 29.3 Å². The Kier molecular flexibility index (Phi) is 5.11. The van der Waals surface area contributed by atoms with Gasteiger partial charge in [-0.1, -0.05) is 6.07 Å². The summed E-state index contributed by atoms with van der Waals surface area (Å²) in [5.74, 6) is 0. The molecule has 0 radical (unpaired) electrons. The minimum absolute atomic E-state index is 0.226. The van der Waals surface area contributed by atoms with Crippen molar-refractivity contribution in [2.24, 2.45) is 5.73 Å². The highest BCUT2D eigenvalue weighted by molar-refractivity contribution is 5.56. The fraction of sp³-hybridized carbons (Fsp3) is 0.500. The van der Waals surface area contributed by atoms with Crippen LogP contribution < -0.4 is 10.6 Å². The fourth-order valence-electron chi connectivity index (χ4n) is 1.77. The summed E-state index contributed by atoms with van der Waals surface area (Å²) in [5.41, 5.74) is 4.56. The van der Waals surface area contributed by atoms with Crippen molar-refractivity contribution < 1.29 is 22.0 Å². The van der Waals surface area contributed by atoms with Crippen molar-refractivity contribution in [1.29, 1.82) is 0 Å². The lowest BCUT2D eigenvalue weighted by Gasteiger charge is -2.23. The lowest BCUT2D eigenvalue weighted by molar-refractivity contribution is -0.137. The van der Waals surface area contributed by atoms with E-state index in [2.05, 4.69) is 0 Å². The first kappa shape index (κ1) is 15.7. The number of halogens is 5. The van der Waals surface area contributed by atoms with Crippen LogP contribution in [-0.2, 0) is 12.6 Å². The van der Waals surface area contributed by atoms with Crippen LogP contribution in [0.3, 0.4) is 0 Å². The molecule has 0 aromatic heterocycles. The minimum atomic E-state index is -4.59. The zero-order chi connectivity index (χ0) is 14.6. The van der Waals surface area contributed by atoms with E-state index in [1.54, 1.807) is 0 Å². The molecule has 0 aliphatic rings. The Morgan fingerprint density at radius 2 is 1.89 bits per heavy atom. The molecule has 1 aromatic rings. The molecule has 1 aromatic carbocycles. The second-order valence-corrected chi connectivity index (χ2v) is 4.16. The number of nitrogens with zero attached hydrogens (tertiary/aromatic N) is 1. The summed E-state index contributed by atoms with van der Waals surface area (Å²) in [6, 6.07) is 3.64. The van der Waals surface area contributed by atoms with Gasteiger partial charge in [-0.15, -0.1) is 0 Å². The highest BCUT2D eigenvalue weighted by Gasteiger charge is 2.34. The summed E-state index contributed by atoms with van der Waals surface area (Å²) in [6.45, 7) is -0.525. The number of benzene rings is 1. The first-order chi connectivity index (χ1) is 8.75. The molecule has 0 heterocycles. The van der Waals surface area contributed by atoms with Gasteiger partial charge in [0.15, 0.2) is 0 Å². The van der Waals surface area contributed by atoms with E-state index in [9.17, 15) is 22.0 Å². The Morgan fingerprint density at radius 3 is 2.37 bits per heavy atom. The first-order valence-electron chi connectivity index (χ1n) is 5.65. The van der Waals surface area contributed by atoms with Crippen LogP contribution in [-0.4, -0.2) is 26.6 Å². The van der Waals surface area contributed by atoms with E-state index >= 15 is 0 Å². The van der Waals surface area contributed by atoms with Crippen LogP contribution in [0.15, 0.2) is 18.2 Å². The van der Waals surface area contributed by atoms with Gasteiger partial charge in [-0.3, -0.25) is 0 Å². The zero-order valence-corrected chi connectivity index (χ0v) is 10.3. The molecule has 0 aliphatic heterocycles. The average molecular weight is 282 g/mol. The molecular formula is C12H15F5N2. The largest absolute Gasteiger partial charge is 0.418 e. The molecule has 0 bridgehead atoms. The number of rotatable bonds is 5. The van der Waals surface area contributed by atoms with E-state index in [-0.39, 0.29) is 12.2 Å². The van der Waals surface area contributed by atoms with Gasteiger partial charge in [0.2, 0.25) is 0 Å². The molecule has 0 fully saturated rings. The molecule has 0 spiro atoms. The highest BCUT2D eigenvalue weighted by atomic mass is 19.4. The number of hydrogen-bond donors (Lipinski definition) is 1. The van der Waals surface area contributed by atoms with Crippen LogP contribution in [0, 0.1) is 0 Å². The molecule has 0 aliphatic carbocycles. The van der Waals surface area contributed by atoms with Gasteiger partial charge in [0, 0.05) is 12.7 Å². The minimum Gasteiger partial charge on any atom is -0.368 e. The third-order valence-electron chi connectivity index (χ3n) is 2.62. The molecule has 19 heavy (non-hydrogen) atoms. The Balaban J connectivity index is 3.16. The van der Waals surface area contributed by atoms with Gasteiger partial charge in [-0.05, 0) is 30.7 Å². The highest BCUT2D eigenvalue weighted by Crippen LogP contribution is 2.37. The molecule has 0 saturated heterocycles. The van der Waals surface area contributed by atoms with Crippen molar-refractivity contribution in [1.82, 2.24) is 0 Å². The third-order valence-corrected chi connectivity index (χ3v) is 2.62. The van der Waals surface area contributed by atoms with Gasteiger partial charge in [-0.2, -0.15) is 13.2 Å². The second-order valence-electron chi connectivity index (χ2n) is 4.16. The molecule has 1 rings (SSSR count). The Hall–Kier alpha value is -1.37. The maximum absolute atomic E-state index is 12.9. The maximum Gasteiger partial charge on any atom is 0.418 e. The van der Waals surface area contributed by atoms with Crippen molar-refractivity contribution >= 4 is 5.69 Å². The van der Waals surface area contributed by atoms with Gasteiger partial charge in [0.25, 0.3) is 6.43 Å². The fourth-order valence-corrected chi connectivity index (χ4v) is 1.77. The monoisotopic (exact) mass is 282 g/mol. The SMILES string of the molecule is CN(CC(F)F)c1ccc(CCN)cc1C(F)(F)F. The van der Waals surface area contributed by atoms with Crippen LogP contribution in [0.2, 0.25) is 0 Å². The van der Waals surface area contributed by atoms with Gasteiger partial charge >= 0.3 is 6.18 Å². The predicted octanol–water partition coefficient (Wildman–Crippen LogP) is 2.91. The van der Waals surface area contributed by atoms with Gasteiger partial charge in [0.05, 0.1) is 12.1 Å². The van der Waals surface area contributed by atoms with E-state index in [4.69, 9.17) is 5.73 Å². The predicted molar refractivity (Wildman–Crippen MR) is 63.5 cm³/mol. The molecule has 0 unspecified atom stereocenters. The quantitative estimate of drug-likeness (QED) is 0.841. The normalized spacial score (nSPS) is 12.0.